The van der Waals surface area contributed by atoms with E-state index in [0.717, 1.165) is 0 Å². The Labute approximate surface area is 79.1 Å². The van der Waals surface area contributed by atoms with Gasteiger partial charge in [0.1, 0.15) is 11.3 Å². The molecule has 0 amide bonds. The molecule has 0 bridgehead atoms. The summed E-state index contributed by atoms with van der Waals surface area (Å²) in [5, 5.41) is 0.360. The summed E-state index contributed by atoms with van der Waals surface area (Å²) in [5.74, 6) is 0.589. The van der Waals surface area contributed by atoms with Gasteiger partial charge in [-0.15, -0.1) is 0 Å². The smallest absolute Gasteiger partial charge is 0.295 e. The van der Waals surface area contributed by atoms with Gasteiger partial charge in [0.15, 0.2) is 10.8 Å². The van der Waals surface area contributed by atoms with Crippen molar-refractivity contribution < 1.29 is 4.74 Å². The van der Waals surface area contributed by atoms with Crippen molar-refractivity contribution in [1.82, 2.24) is 19.9 Å². The van der Waals surface area contributed by atoms with Crippen LogP contribution in [0.25, 0.3) is 11.2 Å². The first kappa shape index (κ1) is 8.25. The van der Waals surface area contributed by atoms with Crippen molar-refractivity contribution in [2.24, 2.45) is 0 Å². The van der Waals surface area contributed by atoms with Crippen molar-refractivity contribution in [2.75, 3.05) is 7.11 Å². The quantitative estimate of drug-likeness (QED) is 0.702. The Morgan fingerprint density at radius 3 is 2.77 bits per heavy atom. The van der Waals surface area contributed by atoms with Crippen LogP contribution in [0, 0.1) is 6.92 Å². The number of methoxy groups -OCH3 is 1. The lowest BCUT2D eigenvalue weighted by atomic mass is 10.5. The fourth-order valence-corrected chi connectivity index (χ4v) is 1.29. The minimum absolute atomic E-state index is 0.360. The summed E-state index contributed by atoms with van der Waals surface area (Å²) in [7, 11) is 1.52. The van der Waals surface area contributed by atoms with Gasteiger partial charge in [-0.3, -0.25) is 0 Å². The molecule has 0 spiro atoms. The van der Waals surface area contributed by atoms with Crippen LogP contribution in [-0.4, -0.2) is 27.0 Å². The van der Waals surface area contributed by atoms with Gasteiger partial charge < -0.3 is 9.72 Å². The molecular formula is C7H7ClN4O. The molecule has 2 rings (SSSR count). The normalized spacial score (nSPS) is 10.7. The van der Waals surface area contributed by atoms with Crippen LogP contribution in [0.4, 0.5) is 0 Å². The van der Waals surface area contributed by atoms with Gasteiger partial charge in [0.05, 0.1) is 7.11 Å². The van der Waals surface area contributed by atoms with Crippen molar-refractivity contribution >= 4 is 22.8 Å². The SMILES string of the molecule is COc1nc2nc(C)nc(Cl)c2[nH]1. The van der Waals surface area contributed by atoms with Gasteiger partial charge in [0, 0.05) is 0 Å². The molecule has 0 aliphatic heterocycles. The Morgan fingerprint density at radius 1 is 1.31 bits per heavy atom. The molecule has 0 saturated heterocycles. The predicted molar refractivity (Wildman–Crippen MR) is 48.0 cm³/mol. The number of rotatable bonds is 1. The molecule has 0 aliphatic rings. The van der Waals surface area contributed by atoms with Crippen molar-refractivity contribution in [3.05, 3.63) is 11.0 Å². The van der Waals surface area contributed by atoms with Crippen molar-refractivity contribution in [3.8, 4) is 6.01 Å². The number of nitrogens with zero attached hydrogens (tertiary/aromatic N) is 3. The van der Waals surface area contributed by atoms with Crippen LogP contribution in [-0.2, 0) is 0 Å². The lowest BCUT2D eigenvalue weighted by Crippen LogP contribution is -1.88. The summed E-state index contributed by atoms with van der Waals surface area (Å²) in [6.45, 7) is 1.76. The molecular weight excluding hydrogens is 192 g/mol. The van der Waals surface area contributed by atoms with Crippen LogP contribution in [0.1, 0.15) is 5.82 Å². The molecule has 0 unspecified atom stereocenters. The highest BCUT2D eigenvalue weighted by Gasteiger charge is 2.09. The van der Waals surface area contributed by atoms with Crippen LogP contribution >= 0.6 is 11.6 Å². The highest BCUT2D eigenvalue weighted by Crippen LogP contribution is 2.20. The van der Waals surface area contributed by atoms with Gasteiger partial charge in [0.2, 0.25) is 0 Å². The maximum absolute atomic E-state index is 5.85. The average Bonchev–Trinajstić information content (AvgIpc) is 2.47. The van der Waals surface area contributed by atoms with E-state index >= 15 is 0 Å². The molecule has 0 aromatic carbocycles. The number of fused-ring (bicyclic) bond motifs is 1. The van der Waals surface area contributed by atoms with E-state index in [9.17, 15) is 0 Å². The number of hydrogen-bond donors (Lipinski definition) is 1. The zero-order valence-corrected chi connectivity index (χ0v) is 7.88. The number of aromatic nitrogens is 4. The molecule has 2 aromatic rings. The molecule has 13 heavy (non-hydrogen) atoms. The highest BCUT2D eigenvalue weighted by atomic mass is 35.5. The predicted octanol–water partition coefficient (Wildman–Crippen LogP) is 1.32. The summed E-state index contributed by atoms with van der Waals surface area (Å²) in [6.07, 6.45) is 0. The molecule has 2 heterocycles. The lowest BCUT2D eigenvalue weighted by Gasteiger charge is -1.92. The van der Waals surface area contributed by atoms with Gasteiger partial charge >= 0.3 is 0 Å². The van der Waals surface area contributed by atoms with Gasteiger partial charge in [0.25, 0.3) is 6.01 Å². The first-order valence-corrected chi connectivity index (χ1v) is 4.02. The van der Waals surface area contributed by atoms with E-state index in [0.29, 0.717) is 28.2 Å². The largest absolute Gasteiger partial charge is 0.468 e. The van der Waals surface area contributed by atoms with Crippen molar-refractivity contribution in [3.63, 3.8) is 0 Å². The Bertz CT molecular complexity index is 453. The number of ether oxygens (including phenoxy) is 1. The zero-order chi connectivity index (χ0) is 9.42. The maximum atomic E-state index is 5.85. The number of halogens is 1. The third kappa shape index (κ3) is 1.31. The first-order valence-electron chi connectivity index (χ1n) is 3.64. The molecule has 68 valence electrons. The maximum Gasteiger partial charge on any atom is 0.295 e. The fourth-order valence-electron chi connectivity index (χ4n) is 1.04. The van der Waals surface area contributed by atoms with Crippen molar-refractivity contribution in [2.45, 2.75) is 6.92 Å². The molecule has 0 fully saturated rings. The van der Waals surface area contributed by atoms with Gasteiger partial charge in [-0.05, 0) is 6.92 Å². The second-order valence-corrected chi connectivity index (χ2v) is 2.86. The van der Waals surface area contributed by atoms with Crippen molar-refractivity contribution in [1.29, 1.82) is 0 Å². The Balaban J connectivity index is 2.75. The van der Waals surface area contributed by atoms with Crippen LogP contribution in [0.3, 0.4) is 0 Å². The summed E-state index contributed by atoms with van der Waals surface area (Å²) < 4.78 is 4.90. The summed E-state index contributed by atoms with van der Waals surface area (Å²) in [6, 6.07) is 0.386. The van der Waals surface area contributed by atoms with E-state index in [2.05, 4.69) is 19.9 Å². The number of H-pyrrole nitrogens is 1. The Morgan fingerprint density at radius 2 is 2.08 bits per heavy atom. The Kier molecular flexibility index (Phi) is 1.81. The third-order valence-electron chi connectivity index (χ3n) is 1.59. The second kappa shape index (κ2) is 2.85. The van der Waals surface area contributed by atoms with Gasteiger partial charge in [-0.1, -0.05) is 11.6 Å². The fraction of sp³-hybridized carbons (Fsp3) is 0.286. The molecule has 0 atom stereocenters. The van der Waals surface area contributed by atoms with Crippen LogP contribution in [0.15, 0.2) is 0 Å². The summed E-state index contributed by atoms with van der Waals surface area (Å²) >= 11 is 5.85. The zero-order valence-electron chi connectivity index (χ0n) is 7.13. The second-order valence-electron chi connectivity index (χ2n) is 2.51. The van der Waals surface area contributed by atoms with E-state index in [1.165, 1.54) is 7.11 Å². The van der Waals surface area contributed by atoms with Crippen LogP contribution in [0.2, 0.25) is 5.15 Å². The summed E-state index contributed by atoms with van der Waals surface area (Å²) in [5.41, 5.74) is 1.12. The molecule has 5 nitrogen and oxygen atoms in total. The number of hydrogen-bond acceptors (Lipinski definition) is 4. The van der Waals surface area contributed by atoms with E-state index in [1.54, 1.807) is 6.92 Å². The number of aryl methyl sites for hydroxylation is 1. The molecule has 6 heteroatoms. The van der Waals surface area contributed by atoms with E-state index in [1.807, 2.05) is 0 Å². The van der Waals surface area contributed by atoms with Gasteiger partial charge in [-0.25, -0.2) is 9.97 Å². The number of imidazole rings is 1. The number of aromatic amines is 1. The Hall–Kier alpha value is -1.36. The minimum atomic E-state index is 0.360. The molecule has 0 aliphatic carbocycles. The van der Waals surface area contributed by atoms with Crippen LogP contribution < -0.4 is 4.74 Å². The lowest BCUT2D eigenvalue weighted by molar-refractivity contribution is 0.386. The van der Waals surface area contributed by atoms with E-state index < -0.39 is 0 Å². The standard InChI is InChI=1S/C7H7ClN4O/c1-3-9-5(8)4-6(10-3)12-7(11-4)13-2/h1-2H3,(H,9,10,11,12). The highest BCUT2D eigenvalue weighted by molar-refractivity contribution is 6.33. The van der Waals surface area contributed by atoms with E-state index in [4.69, 9.17) is 16.3 Å². The molecule has 0 radical (unpaired) electrons. The topological polar surface area (TPSA) is 63.7 Å². The molecule has 0 saturated carbocycles. The van der Waals surface area contributed by atoms with Gasteiger partial charge in [-0.2, -0.15) is 4.98 Å². The summed E-state index contributed by atoms with van der Waals surface area (Å²) in [4.78, 5) is 15.0. The monoisotopic (exact) mass is 198 g/mol. The van der Waals surface area contributed by atoms with Crippen LogP contribution in [0.5, 0.6) is 6.01 Å². The molecule has 2 aromatic heterocycles. The molecule has 1 N–H and O–H groups in total. The first-order chi connectivity index (χ1) is 6.20. The minimum Gasteiger partial charge on any atom is -0.468 e. The third-order valence-corrected chi connectivity index (χ3v) is 1.86. The number of nitrogens with one attached hydrogen (secondary N) is 1. The van der Waals surface area contributed by atoms with E-state index in [-0.39, 0.29) is 0 Å². The average molecular weight is 199 g/mol.